The van der Waals surface area contributed by atoms with Crippen LogP contribution in [-0.4, -0.2) is 46.6 Å². The van der Waals surface area contributed by atoms with Gasteiger partial charge in [0.05, 0.1) is 18.2 Å². The van der Waals surface area contributed by atoms with Gasteiger partial charge in [-0.1, -0.05) is 36.4 Å². The van der Waals surface area contributed by atoms with Gasteiger partial charge in [0.1, 0.15) is 11.4 Å². The summed E-state index contributed by atoms with van der Waals surface area (Å²) in [5.74, 6) is 1.52. The van der Waals surface area contributed by atoms with Crippen molar-refractivity contribution in [2.45, 2.75) is 57.0 Å². The van der Waals surface area contributed by atoms with E-state index < -0.39 is 6.04 Å². The van der Waals surface area contributed by atoms with E-state index in [1.165, 1.54) is 0 Å². The number of carbonyl (C=O) groups excluding carboxylic acids is 1. The first kappa shape index (κ1) is 21.7. The first-order valence-electron chi connectivity index (χ1n) is 12.4. The molecule has 0 unspecified atom stereocenters. The zero-order chi connectivity index (χ0) is 23.4. The van der Waals surface area contributed by atoms with Crippen molar-refractivity contribution in [3.8, 4) is 5.75 Å². The number of aromatic nitrogens is 1. The van der Waals surface area contributed by atoms with Gasteiger partial charge in [-0.15, -0.1) is 0 Å². The van der Waals surface area contributed by atoms with Gasteiger partial charge < -0.3 is 25.1 Å². The Bertz CT molecular complexity index is 1220. The van der Waals surface area contributed by atoms with E-state index >= 15 is 0 Å². The fraction of sp³-hybridized carbons (Fsp3) is 0.464. The minimum absolute atomic E-state index is 0.0374. The molecule has 3 aliphatic heterocycles. The van der Waals surface area contributed by atoms with Gasteiger partial charge in [-0.05, 0) is 50.8 Å². The summed E-state index contributed by atoms with van der Waals surface area (Å²) in [6.45, 7) is 5.72. The number of nitrogens with zero attached hydrogens (tertiary/aromatic N) is 1. The van der Waals surface area contributed by atoms with Crippen LogP contribution in [0.1, 0.15) is 43.9 Å². The van der Waals surface area contributed by atoms with Gasteiger partial charge in [-0.25, -0.2) is 0 Å². The number of hydrogen-bond acceptors (Lipinski definition) is 4. The molecule has 178 valence electrons. The highest BCUT2D eigenvalue weighted by Crippen LogP contribution is 2.52. The van der Waals surface area contributed by atoms with Crippen molar-refractivity contribution < 1.29 is 14.3 Å². The van der Waals surface area contributed by atoms with E-state index in [-0.39, 0.29) is 29.6 Å². The van der Waals surface area contributed by atoms with Crippen LogP contribution in [0, 0.1) is 11.8 Å². The third-order valence-electron chi connectivity index (χ3n) is 8.14. The molecule has 0 saturated carbocycles. The van der Waals surface area contributed by atoms with E-state index in [0.717, 1.165) is 40.6 Å². The number of piperidine rings is 1. The Balaban J connectivity index is 1.16. The van der Waals surface area contributed by atoms with Crippen molar-refractivity contribution in [3.63, 3.8) is 0 Å². The fourth-order valence-corrected chi connectivity index (χ4v) is 6.31. The molecule has 4 heterocycles. The van der Waals surface area contributed by atoms with Crippen LogP contribution in [0.4, 0.5) is 0 Å². The van der Waals surface area contributed by atoms with Crippen LogP contribution in [0.3, 0.4) is 0 Å². The SMILES string of the molecule is CC1(C)Oc2ccccc2[C@@H]2O[C@@H]3CCN(C(=O)[C@@H](N)Cc4c[nH]c5ccccc45)C[C@@H]3C[C@H]21. The van der Waals surface area contributed by atoms with Gasteiger partial charge in [0, 0.05) is 47.6 Å². The predicted octanol–water partition coefficient (Wildman–Crippen LogP) is 4.20. The fourth-order valence-electron chi connectivity index (χ4n) is 6.31. The number of fused-ring (bicyclic) bond motifs is 5. The van der Waals surface area contributed by atoms with Crippen molar-refractivity contribution in [2.75, 3.05) is 13.1 Å². The topological polar surface area (TPSA) is 80.6 Å². The Morgan fingerprint density at radius 1 is 1.21 bits per heavy atom. The van der Waals surface area contributed by atoms with Crippen LogP contribution in [0.5, 0.6) is 5.75 Å². The molecular weight excluding hydrogens is 426 g/mol. The first-order valence-corrected chi connectivity index (χ1v) is 12.4. The number of H-pyrrole nitrogens is 1. The lowest BCUT2D eigenvalue weighted by Gasteiger charge is -2.53. The molecule has 0 aliphatic carbocycles. The lowest BCUT2D eigenvalue weighted by molar-refractivity contribution is -0.189. The van der Waals surface area contributed by atoms with Gasteiger partial charge >= 0.3 is 0 Å². The molecule has 2 aromatic carbocycles. The van der Waals surface area contributed by atoms with E-state index in [4.69, 9.17) is 15.2 Å². The van der Waals surface area contributed by atoms with E-state index in [1.54, 1.807) is 0 Å². The van der Waals surface area contributed by atoms with Crippen LogP contribution in [-0.2, 0) is 16.0 Å². The number of benzene rings is 2. The van der Waals surface area contributed by atoms with Gasteiger partial charge in [-0.3, -0.25) is 4.79 Å². The maximum Gasteiger partial charge on any atom is 0.239 e. The second-order valence-electron chi connectivity index (χ2n) is 10.7. The van der Waals surface area contributed by atoms with E-state index in [1.807, 2.05) is 41.4 Å². The molecule has 3 N–H and O–H groups in total. The highest BCUT2D eigenvalue weighted by Gasteiger charge is 2.51. The van der Waals surface area contributed by atoms with Crippen LogP contribution >= 0.6 is 0 Å². The van der Waals surface area contributed by atoms with Crippen LogP contribution in [0.2, 0.25) is 0 Å². The maximum absolute atomic E-state index is 13.3. The molecule has 0 radical (unpaired) electrons. The molecule has 0 spiro atoms. The summed E-state index contributed by atoms with van der Waals surface area (Å²) in [6.07, 6.45) is 4.56. The summed E-state index contributed by atoms with van der Waals surface area (Å²) in [5.41, 5.74) is 9.45. The Morgan fingerprint density at radius 2 is 2.00 bits per heavy atom. The molecule has 2 fully saturated rings. The summed E-state index contributed by atoms with van der Waals surface area (Å²) in [7, 11) is 0. The van der Waals surface area contributed by atoms with E-state index in [0.29, 0.717) is 25.4 Å². The minimum atomic E-state index is -0.547. The molecule has 6 nitrogen and oxygen atoms in total. The Morgan fingerprint density at radius 3 is 2.88 bits per heavy atom. The van der Waals surface area contributed by atoms with Crippen LogP contribution in [0.25, 0.3) is 10.9 Å². The third-order valence-corrected chi connectivity index (χ3v) is 8.14. The van der Waals surface area contributed by atoms with Crippen LogP contribution in [0.15, 0.2) is 54.7 Å². The highest BCUT2D eigenvalue weighted by atomic mass is 16.5. The Hall–Kier alpha value is -2.83. The molecule has 3 aromatic rings. The molecule has 1 amide bonds. The zero-order valence-electron chi connectivity index (χ0n) is 19.9. The number of rotatable bonds is 3. The smallest absolute Gasteiger partial charge is 0.239 e. The van der Waals surface area contributed by atoms with Gasteiger partial charge in [0.25, 0.3) is 0 Å². The van der Waals surface area contributed by atoms with Gasteiger partial charge in [0.2, 0.25) is 5.91 Å². The molecule has 3 aliphatic rings. The zero-order valence-corrected chi connectivity index (χ0v) is 19.9. The maximum atomic E-state index is 13.3. The van der Waals surface area contributed by atoms with E-state index in [9.17, 15) is 4.79 Å². The van der Waals surface area contributed by atoms with E-state index in [2.05, 4.69) is 37.0 Å². The predicted molar refractivity (Wildman–Crippen MR) is 132 cm³/mol. The lowest BCUT2D eigenvalue weighted by atomic mass is 9.70. The summed E-state index contributed by atoms with van der Waals surface area (Å²) < 4.78 is 13.1. The lowest BCUT2D eigenvalue weighted by Crippen LogP contribution is -2.57. The number of aromatic amines is 1. The van der Waals surface area contributed by atoms with Crippen molar-refractivity contribution in [3.05, 3.63) is 65.9 Å². The van der Waals surface area contributed by atoms with Gasteiger partial charge in [-0.2, -0.15) is 0 Å². The molecule has 6 rings (SSSR count). The number of nitrogens with one attached hydrogen (secondary N) is 1. The van der Waals surface area contributed by atoms with Crippen molar-refractivity contribution in [1.29, 1.82) is 0 Å². The minimum Gasteiger partial charge on any atom is -0.487 e. The first-order chi connectivity index (χ1) is 16.4. The number of amides is 1. The van der Waals surface area contributed by atoms with Crippen molar-refractivity contribution in [1.82, 2.24) is 9.88 Å². The number of hydrogen-bond donors (Lipinski definition) is 2. The van der Waals surface area contributed by atoms with Crippen molar-refractivity contribution in [2.24, 2.45) is 17.6 Å². The van der Waals surface area contributed by atoms with Crippen LogP contribution < -0.4 is 10.5 Å². The summed E-state index contributed by atoms with van der Waals surface area (Å²) in [6, 6.07) is 15.8. The molecular formula is C28H33N3O3. The number of ether oxygens (including phenoxy) is 2. The number of carbonyl (C=O) groups is 1. The average Bonchev–Trinajstić information content (AvgIpc) is 3.25. The summed E-state index contributed by atoms with van der Waals surface area (Å²) in [5, 5.41) is 1.14. The second kappa shape index (κ2) is 8.14. The standard InChI is InChI=1S/C28H33N3O3/c1-28(2)21-13-18-16-31(12-11-24(18)33-26(21)20-8-4-6-10-25(20)34-28)27(32)22(29)14-17-15-30-23-9-5-3-7-19(17)23/h3-10,15,18,21-22,24,26,30H,11-14,16,29H2,1-2H3/t18-,21+,22-,24+,26-/m0/s1. The molecule has 2 saturated heterocycles. The molecule has 5 atom stereocenters. The number of nitrogens with two attached hydrogens (primary N) is 1. The van der Waals surface area contributed by atoms with Gasteiger partial charge in [0.15, 0.2) is 0 Å². The second-order valence-corrected chi connectivity index (χ2v) is 10.7. The molecule has 1 aromatic heterocycles. The largest absolute Gasteiger partial charge is 0.487 e. The monoisotopic (exact) mass is 459 g/mol. The van der Waals surface area contributed by atoms with Crippen molar-refractivity contribution >= 4 is 16.8 Å². The molecule has 34 heavy (non-hydrogen) atoms. The summed E-state index contributed by atoms with van der Waals surface area (Å²) >= 11 is 0. The number of para-hydroxylation sites is 2. The average molecular weight is 460 g/mol. The highest BCUT2D eigenvalue weighted by molar-refractivity contribution is 5.86. The Labute approximate surface area is 200 Å². The molecule has 0 bridgehead atoms. The molecule has 6 heteroatoms. The third kappa shape index (κ3) is 3.60. The Kier molecular flexibility index (Phi) is 5.19. The quantitative estimate of drug-likeness (QED) is 0.615. The summed E-state index contributed by atoms with van der Waals surface area (Å²) in [4.78, 5) is 18.6. The normalized spacial score (nSPS) is 28.4. The number of likely N-dealkylation sites (tertiary alicyclic amines) is 1.